The highest BCUT2D eigenvalue weighted by Crippen LogP contribution is 2.22. The fraction of sp³-hybridized carbons (Fsp3) is 0.611. The highest BCUT2D eigenvalue weighted by molar-refractivity contribution is 5.76. The Labute approximate surface area is 123 Å². The fourth-order valence-corrected chi connectivity index (χ4v) is 3.14. The van der Waals surface area contributed by atoms with E-state index in [4.69, 9.17) is 0 Å². The zero-order chi connectivity index (χ0) is 14.5. The summed E-state index contributed by atoms with van der Waals surface area (Å²) in [6, 6.07) is 7.18. The summed E-state index contributed by atoms with van der Waals surface area (Å²) in [5.74, 6) is 0.321. The van der Waals surface area contributed by atoms with Gasteiger partial charge in [0.05, 0.1) is 0 Å². The molecule has 0 aliphatic carbocycles. The number of likely N-dealkylation sites (tertiary alicyclic amines) is 1. The minimum absolute atomic E-state index is 0.321. The number of carbonyl (C=O) groups is 1. The summed E-state index contributed by atoms with van der Waals surface area (Å²) in [4.78, 5) is 14.0. The molecule has 1 unspecified atom stereocenters. The highest BCUT2D eigenvalue weighted by Gasteiger charge is 2.22. The molecule has 2 heteroatoms. The van der Waals surface area contributed by atoms with Crippen LogP contribution in [0.3, 0.4) is 0 Å². The number of Topliss-reactive ketones (excluding diaryl/α,β-unsaturated/α-hetero) is 1. The van der Waals surface area contributed by atoms with E-state index in [1.807, 2.05) is 0 Å². The molecule has 1 atom stereocenters. The monoisotopic (exact) mass is 273 g/mol. The van der Waals surface area contributed by atoms with Gasteiger partial charge in [-0.25, -0.2) is 0 Å². The molecule has 1 aliphatic rings. The van der Waals surface area contributed by atoms with Crippen LogP contribution < -0.4 is 0 Å². The second kappa shape index (κ2) is 7.03. The van der Waals surface area contributed by atoms with Crippen molar-refractivity contribution in [2.75, 3.05) is 6.54 Å². The molecule has 2 rings (SSSR count). The van der Waals surface area contributed by atoms with Crippen LogP contribution in [0.4, 0.5) is 0 Å². The topological polar surface area (TPSA) is 20.3 Å². The molecule has 0 bridgehead atoms. The lowest BCUT2D eigenvalue weighted by atomic mass is 10.0. The largest absolute Gasteiger partial charge is 0.300 e. The Bertz CT molecular complexity index is 466. The molecular formula is C18H27NO. The molecule has 1 heterocycles. The molecule has 0 N–H and O–H groups in total. The van der Waals surface area contributed by atoms with Crippen molar-refractivity contribution < 1.29 is 4.79 Å². The second-order valence-corrected chi connectivity index (χ2v) is 6.30. The molecule has 0 amide bonds. The van der Waals surface area contributed by atoms with Crippen molar-refractivity contribution in [2.45, 2.75) is 65.5 Å². The molecule has 1 saturated heterocycles. The van der Waals surface area contributed by atoms with Gasteiger partial charge in [-0.05, 0) is 56.8 Å². The van der Waals surface area contributed by atoms with Gasteiger partial charge in [0.15, 0.2) is 0 Å². The number of rotatable bonds is 4. The zero-order valence-corrected chi connectivity index (χ0v) is 13.1. The maximum absolute atomic E-state index is 11.5. The van der Waals surface area contributed by atoms with E-state index in [1.54, 1.807) is 6.92 Å². The number of nitrogens with zero attached hydrogens (tertiary/aromatic N) is 1. The van der Waals surface area contributed by atoms with Crippen LogP contribution in [0.5, 0.6) is 0 Å². The normalized spacial score (nSPS) is 20.6. The van der Waals surface area contributed by atoms with Crippen molar-refractivity contribution in [3.8, 4) is 0 Å². The van der Waals surface area contributed by atoms with Crippen molar-refractivity contribution >= 4 is 5.78 Å². The van der Waals surface area contributed by atoms with Crippen molar-refractivity contribution in [1.29, 1.82) is 0 Å². The van der Waals surface area contributed by atoms with Crippen LogP contribution in [0.15, 0.2) is 18.2 Å². The summed E-state index contributed by atoms with van der Waals surface area (Å²) in [6.07, 6.45) is 5.72. The molecule has 1 aliphatic heterocycles. The van der Waals surface area contributed by atoms with E-state index in [0.29, 0.717) is 18.2 Å². The van der Waals surface area contributed by atoms with Gasteiger partial charge in [-0.3, -0.25) is 9.69 Å². The lowest BCUT2D eigenvalue weighted by Gasteiger charge is -2.29. The van der Waals surface area contributed by atoms with Crippen LogP contribution >= 0.6 is 0 Å². The Morgan fingerprint density at radius 1 is 1.20 bits per heavy atom. The number of ketones is 1. The van der Waals surface area contributed by atoms with Gasteiger partial charge in [0, 0.05) is 19.0 Å². The highest BCUT2D eigenvalue weighted by atomic mass is 16.1. The molecule has 2 nitrogen and oxygen atoms in total. The third-order valence-corrected chi connectivity index (χ3v) is 4.48. The summed E-state index contributed by atoms with van der Waals surface area (Å²) >= 11 is 0. The van der Waals surface area contributed by atoms with Crippen molar-refractivity contribution in [2.24, 2.45) is 0 Å². The van der Waals surface area contributed by atoms with Crippen LogP contribution in [0, 0.1) is 13.8 Å². The SMILES string of the molecule is CC(=O)CC1CCCCCN1Cc1ccc(C)c(C)c1. The van der Waals surface area contributed by atoms with Gasteiger partial charge in [0.2, 0.25) is 0 Å². The van der Waals surface area contributed by atoms with Crippen LogP contribution in [-0.4, -0.2) is 23.3 Å². The number of carbonyl (C=O) groups excluding carboxylic acids is 1. The van der Waals surface area contributed by atoms with Gasteiger partial charge in [-0.2, -0.15) is 0 Å². The van der Waals surface area contributed by atoms with Crippen LogP contribution in [0.2, 0.25) is 0 Å². The van der Waals surface area contributed by atoms with Crippen molar-refractivity contribution in [1.82, 2.24) is 4.90 Å². The Hall–Kier alpha value is -1.15. The second-order valence-electron chi connectivity index (χ2n) is 6.30. The predicted octanol–water partition coefficient (Wildman–Crippen LogP) is 4.03. The molecule has 20 heavy (non-hydrogen) atoms. The molecule has 110 valence electrons. The van der Waals surface area contributed by atoms with Gasteiger partial charge < -0.3 is 0 Å². The molecule has 1 fully saturated rings. The summed E-state index contributed by atoms with van der Waals surface area (Å²) in [6.45, 7) is 8.17. The first kappa shape index (κ1) is 15.2. The van der Waals surface area contributed by atoms with Crippen molar-refractivity contribution in [3.05, 3.63) is 34.9 Å². The number of hydrogen-bond donors (Lipinski definition) is 0. The minimum Gasteiger partial charge on any atom is -0.300 e. The predicted molar refractivity (Wildman–Crippen MR) is 83.9 cm³/mol. The lowest BCUT2D eigenvalue weighted by molar-refractivity contribution is -0.118. The number of benzene rings is 1. The van der Waals surface area contributed by atoms with Gasteiger partial charge in [-0.1, -0.05) is 31.0 Å². The van der Waals surface area contributed by atoms with Gasteiger partial charge in [0.25, 0.3) is 0 Å². The Morgan fingerprint density at radius 2 is 2.00 bits per heavy atom. The van der Waals surface area contributed by atoms with Crippen LogP contribution in [0.25, 0.3) is 0 Å². The smallest absolute Gasteiger partial charge is 0.131 e. The third-order valence-electron chi connectivity index (χ3n) is 4.48. The van der Waals surface area contributed by atoms with E-state index >= 15 is 0 Å². The molecule has 1 aromatic rings. The summed E-state index contributed by atoms with van der Waals surface area (Å²) in [5.41, 5.74) is 4.09. The molecule has 0 aromatic heterocycles. The number of aryl methyl sites for hydroxylation is 2. The minimum atomic E-state index is 0.321. The lowest BCUT2D eigenvalue weighted by Crippen LogP contribution is -2.35. The average molecular weight is 273 g/mol. The van der Waals surface area contributed by atoms with E-state index < -0.39 is 0 Å². The third kappa shape index (κ3) is 4.17. The van der Waals surface area contributed by atoms with Crippen LogP contribution in [0.1, 0.15) is 55.7 Å². The average Bonchev–Trinajstić information content (AvgIpc) is 2.59. The molecule has 0 saturated carbocycles. The number of hydrogen-bond acceptors (Lipinski definition) is 2. The van der Waals surface area contributed by atoms with E-state index in [-0.39, 0.29) is 0 Å². The standard InChI is InChI=1S/C18H27NO/c1-14-8-9-17(11-15(14)2)13-19-10-6-4-5-7-18(19)12-16(3)20/h8-9,11,18H,4-7,10,12-13H2,1-3H3. The zero-order valence-electron chi connectivity index (χ0n) is 13.1. The van der Waals surface area contributed by atoms with Gasteiger partial charge in [-0.15, -0.1) is 0 Å². The fourth-order valence-electron chi connectivity index (χ4n) is 3.14. The van der Waals surface area contributed by atoms with Gasteiger partial charge in [0.1, 0.15) is 5.78 Å². The molecule has 0 spiro atoms. The van der Waals surface area contributed by atoms with E-state index in [1.165, 1.54) is 42.4 Å². The summed E-state index contributed by atoms with van der Waals surface area (Å²) in [5, 5.41) is 0. The Morgan fingerprint density at radius 3 is 2.70 bits per heavy atom. The summed E-state index contributed by atoms with van der Waals surface area (Å²) < 4.78 is 0. The molecular weight excluding hydrogens is 246 g/mol. The Kier molecular flexibility index (Phi) is 5.36. The maximum Gasteiger partial charge on any atom is 0.131 e. The maximum atomic E-state index is 11.5. The molecule has 0 radical (unpaired) electrons. The van der Waals surface area contributed by atoms with E-state index in [0.717, 1.165) is 13.1 Å². The Balaban J connectivity index is 2.09. The van der Waals surface area contributed by atoms with Gasteiger partial charge >= 0.3 is 0 Å². The van der Waals surface area contributed by atoms with E-state index in [2.05, 4.69) is 36.9 Å². The van der Waals surface area contributed by atoms with Crippen molar-refractivity contribution in [3.63, 3.8) is 0 Å². The van der Waals surface area contributed by atoms with E-state index in [9.17, 15) is 4.79 Å². The van der Waals surface area contributed by atoms with Crippen LogP contribution in [-0.2, 0) is 11.3 Å². The summed E-state index contributed by atoms with van der Waals surface area (Å²) in [7, 11) is 0. The quantitative estimate of drug-likeness (QED) is 0.825. The first-order valence-electron chi connectivity index (χ1n) is 7.86. The first-order valence-corrected chi connectivity index (χ1v) is 7.86. The first-order chi connectivity index (χ1) is 9.56. The molecule has 1 aromatic carbocycles.